The Hall–Kier alpha value is -2.15. The number of carbonyl (C=O) groups is 2. The summed E-state index contributed by atoms with van der Waals surface area (Å²) in [6, 6.07) is 2.74. The van der Waals surface area contributed by atoms with E-state index in [1.807, 2.05) is 0 Å². The molecular formula is C12H15N3O4. The van der Waals surface area contributed by atoms with Crippen LogP contribution in [0.5, 0.6) is 0 Å². The van der Waals surface area contributed by atoms with Crippen LogP contribution in [0.2, 0.25) is 0 Å². The zero-order chi connectivity index (χ0) is 13.8. The van der Waals surface area contributed by atoms with E-state index in [1.165, 1.54) is 11.1 Å². The van der Waals surface area contributed by atoms with Gasteiger partial charge >= 0.3 is 5.97 Å². The molecule has 2 heterocycles. The molecule has 0 bridgehead atoms. The number of ether oxygens (including phenoxy) is 1. The van der Waals surface area contributed by atoms with Gasteiger partial charge in [0.1, 0.15) is 0 Å². The van der Waals surface area contributed by atoms with E-state index in [2.05, 4.69) is 4.98 Å². The lowest BCUT2D eigenvalue weighted by Crippen LogP contribution is -2.49. The van der Waals surface area contributed by atoms with E-state index in [4.69, 9.17) is 15.6 Å². The molecule has 0 radical (unpaired) electrons. The highest BCUT2D eigenvalue weighted by molar-refractivity contribution is 5.97. The first-order valence-corrected chi connectivity index (χ1v) is 5.90. The van der Waals surface area contributed by atoms with Gasteiger partial charge in [-0.2, -0.15) is 0 Å². The van der Waals surface area contributed by atoms with Crippen LogP contribution >= 0.6 is 0 Å². The van der Waals surface area contributed by atoms with Crippen LogP contribution in [0.15, 0.2) is 18.3 Å². The second-order valence-corrected chi connectivity index (χ2v) is 4.27. The fourth-order valence-corrected chi connectivity index (χ4v) is 2.03. The van der Waals surface area contributed by atoms with Gasteiger partial charge in [-0.3, -0.25) is 9.59 Å². The SMILES string of the molecule is Nc1cccnc1C(=O)N1CCOCC1CC(=O)O. The standard InChI is InChI=1S/C12H15N3O4/c13-9-2-1-3-14-11(9)12(18)15-4-5-19-7-8(15)6-10(16)17/h1-3,8H,4-7,13H2,(H,16,17). The Morgan fingerprint density at radius 3 is 3.05 bits per heavy atom. The third kappa shape index (κ3) is 3.00. The van der Waals surface area contributed by atoms with Crippen molar-refractivity contribution in [1.82, 2.24) is 9.88 Å². The van der Waals surface area contributed by atoms with Crippen molar-refractivity contribution in [3.63, 3.8) is 0 Å². The molecule has 1 amide bonds. The van der Waals surface area contributed by atoms with Crippen molar-refractivity contribution >= 4 is 17.6 Å². The van der Waals surface area contributed by atoms with Crippen molar-refractivity contribution in [2.45, 2.75) is 12.5 Å². The molecule has 1 saturated heterocycles. The summed E-state index contributed by atoms with van der Waals surface area (Å²) in [6.07, 6.45) is 1.33. The van der Waals surface area contributed by atoms with Gasteiger partial charge in [0.05, 0.1) is 31.4 Å². The van der Waals surface area contributed by atoms with Crippen LogP contribution in [-0.4, -0.2) is 52.7 Å². The number of aliphatic carboxylic acids is 1. The zero-order valence-electron chi connectivity index (χ0n) is 10.3. The van der Waals surface area contributed by atoms with E-state index in [1.54, 1.807) is 12.1 Å². The smallest absolute Gasteiger partial charge is 0.305 e. The van der Waals surface area contributed by atoms with E-state index in [0.29, 0.717) is 13.2 Å². The minimum Gasteiger partial charge on any atom is -0.481 e. The van der Waals surface area contributed by atoms with Crippen molar-refractivity contribution in [3.05, 3.63) is 24.0 Å². The molecule has 0 saturated carbocycles. The number of nitrogen functional groups attached to an aromatic ring is 1. The van der Waals surface area contributed by atoms with Crippen LogP contribution < -0.4 is 5.73 Å². The number of nitrogens with two attached hydrogens (primary N) is 1. The van der Waals surface area contributed by atoms with Crippen LogP contribution in [0.3, 0.4) is 0 Å². The molecule has 0 spiro atoms. The first-order valence-electron chi connectivity index (χ1n) is 5.90. The van der Waals surface area contributed by atoms with Gasteiger partial charge in [0.2, 0.25) is 0 Å². The second-order valence-electron chi connectivity index (χ2n) is 4.27. The fourth-order valence-electron chi connectivity index (χ4n) is 2.03. The molecule has 0 aliphatic carbocycles. The molecule has 2 rings (SSSR count). The summed E-state index contributed by atoms with van der Waals surface area (Å²) in [7, 11) is 0. The first-order chi connectivity index (χ1) is 9.09. The lowest BCUT2D eigenvalue weighted by Gasteiger charge is -2.34. The van der Waals surface area contributed by atoms with Gasteiger partial charge in [-0.15, -0.1) is 0 Å². The van der Waals surface area contributed by atoms with Gasteiger partial charge in [0.15, 0.2) is 5.69 Å². The van der Waals surface area contributed by atoms with E-state index < -0.39 is 12.0 Å². The Morgan fingerprint density at radius 1 is 1.58 bits per heavy atom. The Labute approximate surface area is 110 Å². The fraction of sp³-hybridized carbons (Fsp3) is 0.417. The van der Waals surface area contributed by atoms with Gasteiger partial charge in [-0.1, -0.05) is 0 Å². The van der Waals surface area contributed by atoms with E-state index in [-0.39, 0.29) is 30.3 Å². The number of amides is 1. The molecule has 102 valence electrons. The van der Waals surface area contributed by atoms with Crippen LogP contribution in [0, 0.1) is 0 Å². The molecule has 7 heteroatoms. The monoisotopic (exact) mass is 265 g/mol. The van der Waals surface area contributed by atoms with Crippen molar-refractivity contribution < 1.29 is 19.4 Å². The van der Waals surface area contributed by atoms with Gasteiger partial charge in [0, 0.05) is 12.7 Å². The lowest BCUT2D eigenvalue weighted by atomic mass is 10.1. The van der Waals surface area contributed by atoms with Crippen LogP contribution in [0.25, 0.3) is 0 Å². The number of carbonyl (C=O) groups excluding carboxylic acids is 1. The van der Waals surface area contributed by atoms with Crippen LogP contribution in [0.4, 0.5) is 5.69 Å². The molecular weight excluding hydrogens is 250 g/mol. The lowest BCUT2D eigenvalue weighted by molar-refractivity contribution is -0.139. The highest BCUT2D eigenvalue weighted by Crippen LogP contribution is 2.17. The molecule has 1 aromatic heterocycles. The Bertz CT molecular complexity index is 492. The molecule has 3 N–H and O–H groups in total. The van der Waals surface area contributed by atoms with Crippen molar-refractivity contribution in [3.8, 4) is 0 Å². The van der Waals surface area contributed by atoms with Gasteiger partial charge in [-0.05, 0) is 12.1 Å². The average molecular weight is 265 g/mol. The van der Waals surface area contributed by atoms with Crippen molar-refractivity contribution in [2.75, 3.05) is 25.5 Å². The Morgan fingerprint density at radius 2 is 2.37 bits per heavy atom. The van der Waals surface area contributed by atoms with Gasteiger partial charge < -0.3 is 20.5 Å². The number of nitrogens with zero attached hydrogens (tertiary/aromatic N) is 2. The molecule has 1 atom stereocenters. The average Bonchev–Trinajstić information content (AvgIpc) is 2.38. The molecule has 1 aliphatic rings. The van der Waals surface area contributed by atoms with Gasteiger partial charge in [0.25, 0.3) is 5.91 Å². The third-order valence-electron chi connectivity index (χ3n) is 2.94. The second kappa shape index (κ2) is 5.66. The number of aromatic nitrogens is 1. The van der Waals surface area contributed by atoms with Crippen LogP contribution in [0.1, 0.15) is 16.9 Å². The highest BCUT2D eigenvalue weighted by atomic mass is 16.5. The molecule has 1 aliphatic heterocycles. The maximum absolute atomic E-state index is 12.3. The predicted octanol–water partition coefficient (Wildman–Crippen LogP) is -0.0205. The minimum absolute atomic E-state index is 0.153. The number of carboxylic acids is 1. The predicted molar refractivity (Wildman–Crippen MR) is 66.5 cm³/mol. The highest BCUT2D eigenvalue weighted by Gasteiger charge is 2.31. The summed E-state index contributed by atoms with van der Waals surface area (Å²) in [5, 5.41) is 8.86. The largest absolute Gasteiger partial charge is 0.481 e. The summed E-state index contributed by atoms with van der Waals surface area (Å²) in [5.41, 5.74) is 6.16. The molecule has 1 unspecified atom stereocenters. The number of morpholine rings is 1. The van der Waals surface area contributed by atoms with E-state index in [9.17, 15) is 9.59 Å². The van der Waals surface area contributed by atoms with E-state index >= 15 is 0 Å². The Kier molecular flexibility index (Phi) is 3.96. The van der Waals surface area contributed by atoms with Crippen molar-refractivity contribution in [1.29, 1.82) is 0 Å². The number of rotatable bonds is 3. The quantitative estimate of drug-likeness (QED) is 0.795. The molecule has 1 aromatic rings. The maximum atomic E-state index is 12.3. The van der Waals surface area contributed by atoms with Gasteiger partial charge in [-0.25, -0.2) is 4.98 Å². The molecule has 19 heavy (non-hydrogen) atoms. The summed E-state index contributed by atoms with van der Waals surface area (Å²) in [4.78, 5) is 28.6. The minimum atomic E-state index is -0.970. The summed E-state index contributed by atoms with van der Waals surface area (Å²) < 4.78 is 5.22. The number of hydrogen-bond donors (Lipinski definition) is 2. The van der Waals surface area contributed by atoms with E-state index in [0.717, 1.165) is 0 Å². The Balaban J connectivity index is 2.20. The topological polar surface area (TPSA) is 106 Å². The maximum Gasteiger partial charge on any atom is 0.305 e. The number of pyridine rings is 1. The number of anilines is 1. The number of carboxylic acid groups (broad SMARTS) is 1. The van der Waals surface area contributed by atoms with Crippen LogP contribution in [-0.2, 0) is 9.53 Å². The zero-order valence-corrected chi connectivity index (χ0v) is 10.3. The normalized spacial score (nSPS) is 19.2. The van der Waals surface area contributed by atoms with Crippen molar-refractivity contribution in [2.24, 2.45) is 0 Å². The summed E-state index contributed by atoms with van der Waals surface area (Å²) in [5.74, 6) is -1.32. The third-order valence-corrected chi connectivity index (χ3v) is 2.94. The molecule has 7 nitrogen and oxygen atoms in total. The first kappa shape index (κ1) is 13.3. The molecule has 0 aromatic carbocycles. The summed E-state index contributed by atoms with van der Waals surface area (Å²) >= 11 is 0. The summed E-state index contributed by atoms with van der Waals surface area (Å²) in [6.45, 7) is 0.937. The molecule has 1 fully saturated rings. The number of hydrogen-bond acceptors (Lipinski definition) is 5.